The van der Waals surface area contributed by atoms with Gasteiger partial charge < -0.3 is 9.84 Å². The van der Waals surface area contributed by atoms with Crippen molar-refractivity contribution >= 4 is 17.9 Å². The normalized spacial score (nSPS) is 12.2. The SMILES string of the molecule is O=C(O)CN(C(=O)OCC1c2ccccc2-c2ccccc21)c1cccc(F)n1. The first-order valence-electron chi connectivity index (χ1n) is 9.01. The van der Waals surface area contributed by atoms with Crippen molar-refractivity contribution in [3.63, 3.8) is 0 Å². The maximum absolute atomic E-state index is 13.5. The number of carboxylic acids is 1. The van der Waals surface area contributed by atoms with Gasteiger partial charge in [-0.05, 0) is 34.4 Å². The van der Waals surface area contributed by atoms with E-state index in [-0.39, 0.29) is 18.3 Å². The molecule has 3 aromatic rings. The fourth-order valence-electron chi connectivity index (χ4n) is 3.59. The van der Waals surface area contributed by atoms with E-state index in [1.54, 1.807) is 0 Å². The number of ether oxygens (including phenoxy) is 1. The van der Waals surface area contributed by atoms with Crippen LogP contribution in [0.25, 0.3) is 11.1 Å². The lowest BCUT2D eigenvalue weighted by Gasteiger charge is -2.21. The second kappa shape index (κ2) is 7.71. The van der Waals surface area contributed by atoms with Gasteiger partial charge in [0, 0.05) is 5.92 Å². The lowest BCUT2D eigenvalue weighted by atomic mass is 9.98. The zero-order chi connectivity index (χ0) is 20.4. The van der Waals surface area contributed by atoms with E-state index >= 15 is 0 Å². The number of pyridine rings is 1. The summed E-state index contributed by atoms with van der Waals surface area (Å²) in [5.74, 6) is -2.36. The Hall–Kier alpha value is -3.74. The van der Waals surface area contributed by atoms with Crippen LogP contribution in [0.3, 0.4) is 0 Å². The van der Waals surface area contributed by atoms with Crippen LogP contribution >= 0.6 is 0 Å². The van der Waals surface area contributed by atoms with Crippen LogP contribution in [0.2, 0.25) is 0 Å². The maximum Gasteiger partial charge on any atom is 0.416 e. The number of hydrogen-bond acceptors (Lipinski definition) is 4. The van der Waals surface area contributed by atoms with E-state index in [9.17, 15) is 14.0 Å². The number of carbonyl (C=O) groups is 2. The summed E-state index contributed by atoms with van der Waals surface area (Å²) >= 11 is 0. The summed E-state index contributed by atoms with van der Waals surface area (Å²) in [5.41, 5.74) is 4.24. The standard InChI is InChI=1S/C22H17FN2O4/c23-19-10-5-11-20(24-19)25(12-21(26)27)22(28)29-13-18-16-8-3-1-6-14(16)15-7-2-4-9-17(15)18/h1-11,18H,12-13H2,(H,26,27). The smallest absolute Gasteiger partial charge is 0.416 e. The van der Waals surface area contributed by atoms with Crippen molar-refractivity contribution in [1.29, 1.82) is 0 Å². The zero-order valence-electron chi connectivity index (χ0n) is 15.3. The minimum absolute atomic E-state index is 0.0261. The molecular formula is C22H17FN2O4. The number of aromatic nitrogens is 1. The fourth-order valence-corrected chi connectivity index (χ4v) is 3.59. The zero-order valence-corrected chi connectivity index (χ0v) is 15.3. The molecule has 146 valence electrons. The Kier molecular flexibility index (Phi) is 4.95. The van der Waals surface area contributed by atoms with Gasteiger partial charge in [0.15, 0.2) is 0 Å². The predicted molar refractivity (Wildman–Crippen MR) is 104 cm³/mol. The van der Waals surface area contributed by atoms with Crippen LogP contribution in [0, 0.1) is 5.95 Å². The molecule has 1 aliphatic rings. The van der Waals surface area contributed by atoms with Gasteiger partial charge in [-0.25, -0.2) is 9.78 Å². The summed E-state index contributed by atoms with van der Waals surface area (Å²) in [6, 6.07) is 19.6. The molecule has 1 aromatic heterocycles. The van der Waals surface area contributed by atoms with E-state index in [1.165, 1.54) is 12.1 Å². The number of carboxylic acid groups (broad SMARTS) is 1. The maximum atomic E-state index is 13.5. The molecule has 2 aromatic carbocycles. The number of aliphatic carboxylic acids is 1. The molecule has 1 amide bonds. The van der Waals surface area contributed by atoms with E-state index in [1.807, 2.05) is 48.5 Å². The molecule has 29 heavy (non-hydrogen) atoms. The number of rotatable bonds is 5. The fraction of sp³-hybridized carbons (Fsp3) is 0.136. The molecule has 0 fully saturated rings. The molecule has 0 radical (unpaired) electrons. The highest BCUT2D eigenvalue weighted by molar-refractivity contribution is 5.92. The highest BCUT2D eigenvalue weighted by Crippen LogP contribution is 2.44. The third-order valence-corrected chi connectivity index (χ3v) is 4.83. The second-order valence-corrected chi connectivity index (χ2v) is 6.60. The van der Waals surface area contributed by atoms with Gasteiger partial charge in [0.1, 0.15) is 19.0 Å². The topological polar surface area (TPSA) is 79.7 Å². The molecule has 0 bridgehead atoms. The van der Waals surface area contributed by atoms with Gasteiger partial charge in [-0.3, -0.25) is 9.69 Å². The molecule has 6 nitrogen and oxygen atoms in total. The molecule has 7 heteroatoms. The van der Waals surface area contributed by atoms with Crippen LogP contribution in [0.4, 0.5) is 15.0 Å². The first-order chi connectivity index (χ1) is 14.0. The number of halogens is 1. The minimum atomic E-state index is -1.26. The third-order valence-electron chi connectivity index (χ3n) is 4.83. The van der Waals surface area contributed by atoms with Gasteiger partial charge in [0.2, 0.25) is 5.95 Å². The van der Waals surface area contributed by atoms with Gasteiger partial charge in [-0.15, -0.1) is 0 Å². The highest BCUT2D eigenvalue weighted by Gasteiger charge is 2.30. The molecule has 0 atom stereocenters. The molecule has 0 unspecified atom stereocenters. The van der Waals surface area contributed by atoms with Gasteiger partial charge in [-0.2, -0.15) is 4.39 Å². The average Bonchev–Trinajstić information content (AvgIpc) is 3.04. The van der Waals surface area contributed by atoms with Crippen LogP contribution in [0.15, 0.2) is 66.7 Å². The van der Waals surface area contributed by atoms with E-state index in [4.69, 9.17) is 9.84 Å². The summed E-state index contributed by atoms with van der Waals surface area (Å²) in [6.07, 6.45) is -0.896. The number of amides is 1. The van der Waals surface area contributed by atoms with Gasteiger partial charge in [-0.1, -0.05) is 54.6 Å². The summed E-state index contributed by atoms with van der Waals surface area (Å²) < 4.78 is 18.9. The molecule has 0 saturated heterocycles. The number of carbonyl (C=O) groups excluding carboxylic acids is 1. The molecule has 0 saturated carbocycles. The van der Waals surface area contributed by atoms with Crippen LogP contribution in [0.5, 0.6) is 0 Å². The van der Waals surface area contributed by atoms with E-state index in [0.717, 1.165) is 33.2 Å². The van der Waals surface area contributed by atoms with Gasteiger partial charge in [0.05, 0.1) is 0 Å². The molecule has 0 spiro atoms. The van der Waals surface area contributed by atoms with E-state index < -0.39 is 24.6 Å². The van der Waals surface area contributed by atoms with Crippen molar-refractivity contribution in [3.05, 3.63) is 83.8 Å². The van der Waals surface area contributed by atoms with Crippen LogP contribution in [-0.2, 0) is 9.53 Å². The molecule has 0 aliphatic heterocycles. The van der Waals surface area contributed by atoms with Crippen molar-refractivity contribution in [2.45, 2.75) is 5.92 Å². The number of anilines is 1. The van der Waals surface area contributed by atoms with Crippen molar-refractivity contribution in [2.24, 2.45) is 0 Å². The van der Waals surface area contributed by atoms with Gasteiger partial charge >= 0.3 is 12.1 Å². The average molecular weight is 392 g/mol. The van der Waals surface area contributed by atoms with Crippen LogP contribution in [-0.4, -0.2) is 35.3 Å². The Morgan fingerprint density at radius 2 is 1.59 bits per heavy atom. The molecule has 4 rings (SSSR count). The molecular weight excluding hydrogens is 375 g/mol. The van der Waals surface area contributed by atoms with Crippen LogP contribution < -0.4 is 4.90 Å². The first-order valence-corrected chi connectivity index (χ1v) is 9.01. The van der Waals surface area contributed by atoms with Crippen molar-refractivity contribution in [1.82, 2.24) is 4.98 Å². The highest BCUT2D eigenvalue weighted by atomic mass is 19.1. The Labute approximate surface area is 166 Å². The van der Waals surface area contributed by atoms with Crippen molar-refractivity contribution < 1.29 is 23.8 Å². The number of fused-ring (bicyclic) bond motifs is 3. The Balaban J connectivity index is 1.57. The van der Waals surface area contributed by atoms with Gasteiger partial charge in [0.25, 0.3) is 0 Å². The second-order valence-electron chi connectivity index (χ2n) is 6.60. The summed E-state index contributed by atoms with van der Waals surface area (Å²) in [4.78, 5) is 28.2. The lowest BCUT2D eigenvalue weighted by Crippen LogP contribution is -2.37. The number of benzene rings is 2. The van der Waals surface area contributed by atoms with E-state index in [0.29, 0.717) is 0 Å². The number of hydrogen-bond donors (Lipinski definition) is 1. The lowest BCUT2D eigenvalue weighted by molar-refractivity contribution is -0.135. The quantitative estimate of drug-likeness (QED) is 0.663. The van der Waals surface area contributed by atoms with E-state index in [2.05, 4.69) is 4.98 Å². The third kappa shape index (κ3) is 3.67. The Morgan fingerprint density at radius 1 is 0.966 bits per heavy atom. The van der Waals surface area contributed by atoms with Crippen molar-refractivity contribution in [3.8, 4) is 11.1 Å². The number of nitrogens with zero attached hydrogens (tertiary/aromatic N) is 2. The monoisotopic (exact) mass is 392 g/mol. The summed E-state index contributed by atoms with van der Waals surface area (Å²) in [7, 11) is 0. The summed E-state index contributed by atoms with van der Waals surface area (Å²) in [5, 5.41) is 9.13. The Morgan fingerprint density at radius 3 is 2.17 bits per heavy atom. The predicted octanol–water partition coefficient (Wildman–Crippen LogP) is 4.06. The summed E-state index contributed by atoms with van der Waals surface area (Å²) in [6.45, 7) is -0.661. The Bertz CT molecular complexity index is 1040. The largest absolute Gasteiger partial charge is 0.480 e. The molecule has 1 heterocycles. The first kappa shape index (κ1) is 18.6. The van der Waals surface area contributed by atoms with Crippen LogP contribution in [0.1, 0.15) is 17.0 Å². The molecule has 1 N–H and O–H groups in total. The van der Waals surface area contributed by atoms with Crippen molar-refractivity contribution in [2.75, 3.05) is 18.1 Å². The molecule has 1 aliphatic carbocycles. The minimum Gasteiger partial charge on any atom is -0.480 e.